The first kappa shape index (κ1) is 11.3. The SMILES string of the molecule is CC(=O)OC=O.c1ccc2sncc2c1. The number of carbonyl (C=O) groups excluding carboxylic acids is 2. The molecule has 2 rings (SSSR count). The fourth-order valence-corrected chi connectivity index (χ4v) is 1.52. The minimum Gasteiger partial charge on any atom is -0.396 e. The van der Waals surface area contributed by atoms with Gasteiger partial charge in [-0.2, -0.15) is 4.37 Å². The molecule has 1 aromatic carbocycles. The number of benzene rings is 1. The number of nitrogens with zero attached hydrogens (tertiary/aromatic N) is 1. The highest BCUT2D eigenvalue weighted by atomic mass is 32.1. The van der Waals surface area contributed by atoms with Crippen LogP contribution in [0.5, 0.6) is 0 Å². The van der Waals surface area contributed by atoms with Gasteiger partial charge < -0.3 is 4.74 Å². The largest absolute Gasteiger partial charge is 0.396 e. The Morgan fingerprint density at radius 1 is 1.47 bits per heavy atom. The zero-order valence-corrected chi connectivity index (χ0v) is 8.86. The van der Waals surface area contributed by atoms with Crippen molar-refractivity contribution < 1.29 is 14.3 Å². The van der Waals surface area contributed by atoms with Crippen LogP contribution in [0.3, 0.4) is 0 Å². The van der Waals surface area contributed by atoms with Crippen molar-refractivity contribution in [1.82, 2.24) is 4.37 Å². The van der Waals surface area contributed by atoms with Crippen LogP contribution in [0.1, 0.15) is 6.92 Å². The Balaban J connectivity index is 0.000000167. The normalized spacial score (nSPS) is 8.87. The van der Waals surface area contributed by atoms with E-state index in [9.17, 15) is 9.59 Å². The van der Waals surface area contributed by atoms with Crippen molar-refractivity contribution in [3.8, 4) is 0 Å². The van der Waals surface area contributed by atoms with E-state index in [1.807, 2.05) is 18.3 Å². The van der Waals surface area contributed by atoms with Gasteiger partial charge >= 0.3 is 12.4 Å². The van der Waals surface area contributed by atoms with E-state index < -0.39 is 5.97 Å². The van der Waals surface area contributed by atoms with Crippen molar-refractivity contribution >= 4 is 34.1 Å². The maximum atomic E-state index is 9.59. The van der Waals surface area contributed by atoms with E-state index in [-0.39, 0.29) is 6.47 Å². The monoisotopic (exact) mass is 223 g/mol. The molecule has 0 N–H and O–H groups in total. The van der Waals surface area contributed by atoms with Crippen molar-refractivity contribution in [1.29, 1.82) is 0 Å². The highest BCUT2D eigenvalue weighted by Gasteiger charge is 1.89. The number of rotatable bonds is 1. The summed E-state index contributed by atoms with van der Waals surface area (Å²) < 4.78 is 9.03. The summed E-state index contributed by atoms with van der Waals surface area (Å²) in [6, 6.07) is 8.20. The first-order chi connectivity index (χ1) is 7.24. The third kappa shape index (κ3) is 3.86. The Kier molecular flexibility index (Phi) is 4.43. The summed E-state index contributed by atoms with van der Waals surface area (Å²) >= 11 is 1.54. The zero-order valence-electron chi connectivity index (χ0n) is 8.04. The number of aromatic nitrogens is 1. The summed E-state index contributed by atoms with van der Waals surface area (Å²) in [4.78, 5) is 18.8. The smallest absolute Gasteiger partial charge is 0.310 e. The quantitative estimate of drug-likeness (QED) is 0.421. The van der Waals surface area contributed by atoms with E-state index in [2.05, 4.69) is 21.2 Å². The molecule has 2 aromatic rings. The lowest BCUT2D eigenvalue weighted by atomic mass is 10.3. The van der Waals surface area contributed by atoms with E-state index in [1.165, 1.54) is 21.6 Å². The summed E-state index contributed by atoms with van der Waals surface area (Å²) in [7, 11) is 0. The van der Waals surface area contributed by atoms with E-state index in [4.69, 9.17) is 0 Å². The molecule has 78 valence electrons. The number of ether oxygens (including phenoxy) is 1. The summed E-state index contributed by atoms with van der Waals surface area (Å²) in [6.45, 7) is 1.26. The van der Waals surface area contributed by atoms with Gasteiger partial charge in [0.05, 0.1) is 4.70 Å². The van der Waals surface area contributed by atoms with Crippen molar-refractivity contribution in [3.63, 3.8) is 0 Å². The van der Waals surface area contributed by atoms with E-state index in [1.54, 1.807) is 0 Å². The molecule has 1 heterocycles. The summed E-state index contributed by atoms with van der Waals surface area (Å²) in [6.07, 6.45) is 1.89. The van der Waals surface area contributed by atoms with Crippen LogP contribution in [0.25, 0.3) is 10.1 Å². The van der Waals surface area contributed by atoms with Crippen LogP contribution >= 0.6 is 11.5 Å². The molecule has 0 atom stereocenters. The third-order valence-electron chi connectivity index (χ3n) is 1.48. The standard InChI is InChI=1S/C7H5NS.C3H4O3/c1-2-4-7-6(3-1)5-8-9-7;1-3(5)6-2-4/h1-5H;2H,1H3. The van der Waals surface area contributed by atoms with Gasteiger partial charge in [-0.3, -0.25) is 9.59 Å². The van der Waals surface area contributed by atoms with Crippen molar-refractivity contribution in [2.45, 2.75) is 6.92 Å². The second-order valence-corrected chi connectivity index (χ2v) is 3.40. The highest BCUT2D eigenvalue weighted by molar-refractivity contribution is 7.13. The molecule has 0 saturated heterocycles. The van der Waals surface area contributed by atoms with Gasteiger partial charge in [0, 0.05) is 18.5 Å². The molecule has 15 heavy (non-hydrogen) atoms. The van der Waals surface area contributed by atoms with Gasteiger partial charge in [-0.05, 0) is 17.6 Å². The minimum absolute atomic E-state index is 0.0995. The molecule has 0 aliphatic carbocycles. The molecule has 0 bridgehead atoms. The van der Waals surface area contributed by atoms with Crippen LogP contribution < -0.4 is 0 Å². The predicted molar refractivity (Wildman–Crippen MR) is 57.5 cm³/mol. The molecule has 0 spiro atoms. The van der Waals surface area contributed by atoms with E-state index >= 15 is 0 Å². The Morgan fingerprint density at radius 2 is 2.20 bits per heavy atom. The minimum atomic E-state index is -0.579. The maximum absolute atomic E-state index is 9.59. The van der Waals surface area contributed by atoms with Gasteiger partial charge in [-0.1, -0.05) is 18.2 Å². The number of esters is 1. The molecule has 0 fully saturated rings. The van der Waals surface area contributed by atoms with E-state index in [0.29, 0.717) is 0 Å². The summed E-state index contributed by atoms with van der Waals surface area (Å²) in [5, 5.41) is 1.24. The average Bonchev–Trinajstić information content (AvgIpc) is 2.65. The molecule has 0 unspecified atom stereocenters. The van der Waals surface area contributed by atoms with Crippen LogP contribution in [0.2, 0.25) is 0 Å². The molecule has 0 radical (unpaired) electrons. The number of fused-ring (bicyclic) bond motifs is 1. The molecular weight excluding hydrogens is 214 g/mol. The Bertz CT molecular complexity index is 422. The lowest BCUT2D eigenvalue weighted by molar-refractivity contribution is -0.149. The second kappa shape index (κ2) is 5.87. The lowest BCUT2D eigenvalue weighted by Crippen LogP contribution is -1.93. The number of carbonyl (C=O) groups is 2. The van der Waals surface area contributed by atoms with Crippen LogP contribution in [-0.2, 0) is 14.3 Å². The van der Waals surface area contributed by atoms with Crippen molar-refractivity contribution in [2.24, 2.45) is 0 Å². The van der Waals surface area contributed by atoms with Gasteiger partial charge in [0.1, 0.15) is 0 Å². The fraction of sp³-hybridized carbons (Fsp3) is 0.100. The topological polar surface area (TPSA) is 56.3 Å². The van der Waals surface area contributed by atoms with Crippen molar-refractivity contribution in [2.75, 3.05) is 0 Å². The maximum Gasteiger partial charge on any atom is 0.310 e. The Morgan fingerprint density at radius 3 is 2.73 bits per heavy atom. The summed E-state index contributed by atoms with van der Waals surface area (Å²) in [5.74, 6) is -0.579. The summed E-state index contributed by atoms with van der Waals surface area (Å²) in [5.41, 5.74) is 0. The van der Waals surface area contributed by atoms with Crippen LogP contribution in [0.4, 0.5) is 0 Å². The molecule has 1 aromatic heterocycles. The Labute approximate surface area is 90.7 Å². The van der Waals surface area contributed by atoms with Crippen LogP contribution in [-0.4, -0.2) is 16.8 Å². The van der Waals surface area contributed by atoms with E-state index in [0.717, 1.165) is 6.92 Å². The molecule has 5 heteroatoms. The highest BCUT2D eigenvalue weighted by Crippen LogP contribution is 2.15. The average molecular weight is 223 g/mol. The van der Waals surface area contributed by atoms with Crippen LogP contribution in [0, 0.1) is 0 Å². The number of hydrogen-bond acceptors (Lipinski definition) is 5. The second-order valence-electron chi connectivity index (χ2n) is 2.57. The predicted octanol–water partition coefficient (Wildman–Crippen LogP) is 2.00. The van der Waals surface area contributed by atoms with Crippen LogP contribution in [0.15, 0.2) is 30.5 Å². The van der Waals surface area contributed by atoms with Crippen molar-refractivity contribution in [3.05, 3.63) is 30.5 Å². The Hall–Kier alpha value is -1.75. The first-order valence-electron chi connectivity index (χ1n) is 4.14. The van der Waals surface area contributed by atoms with Gasteiger partial charge in [0.25, 0.3) is 0 Å². The first-order valence-corrected chi connectivity index (χ1v) is 4.91. The molecule has 4 nitrogen and oxygen atoms in total. The van der Waals surface area contributed by atoms with Gasteiger partial charge in [-0.15, -0.1) is 0 Å². The molecular formula is C10H9NO3S. The van der Waals surface area contributed by atoms with Gasteiger partial charge in [-0.25, -0.2) is 0 Å². The van der Waals surface area contributed by atoms with Gasteiger partial charge in [0.2, 0.25) is 0 Å². The van der Waals surface area contributed by atoms with Gasteiger partial charge in [0.15, 0.2) is 0 Å². The molecule has 0 amide bonds. The fourth-order valence-electron chi connectivity index (χ4n) is 0.878. The molecule has 0 aliphatic heterocycles. The molecule has 0 saturated carbocycles. The lowest BCUT2D eigenvalue weighted by Gasteiger charge is -1.80. The molecule has 0 aliphatic rings. The number of hydrogen-bond donors (Lipinski definition) is 0. The zero-order chi connectivity index (χ0) is 11.1. The third-order valence-corrected chi connectivity index (χ3v) is 2.26.